The molecule has 0 fully saturated rings. The lowest BCUT2D eigenvalue weighted by Gasteiger charge is -2.10. The molecular weight excluding hydrogens is 370 g/mol. The van der Waals surface area contributed by atoms with Gasteiger partial charge in [-0.25, -0.2) is 0 Å². The third-order valence-corrected chi connectivity index (χ3v) is 4.54. The second-order valence-electron chi connectivity index (χ2n) is 6.48. The summed E-state index contributed by atoms with van der Waals surface area (Å²) < 4.78 is 10.5. The Labute approximate surface area is 169 Å². The van der Waals surface area contributed by atoms with Gasteiger partial charge in [-0.2, -0.15) is 4.80 Å². The molecule has 3 aromatic rings. The van der Waals surface area contributed by atoms with Crippen LogP contribution in [-0.2, 0) is 24.2 Å². The number of aryl methyl sites for hydroxylation is 1. The normalized spacial score (nSPS) is 10.6. The van der Waals surface area contributed by atoms with Gasteiger partial charge in [0.2, 0.25) is 11.7 Å². The number of amides is 1. The first-order chi connectivity index (χ1) is 14.1. The largest absolute Gasteiger partial charge is 0.493 e. The second kappa shape index (κ2) is 9.68. The highest BCUT2D eigenvalue weighted by Crippen LogP contribution is 2.27. The summed E-state index contributed by atoms with van der Waals surface area (Å²) in [5, 5.41) is 15.2. The van der Waals surface area contributed by atoms with Gasteiger partial charge in [0.25, 0.3) is 0 Å². The Kier molecular flexibility index (Phi) is 6.78. The Balaban J connectivity index is 1.50. The average molecular weight is 395 g/mol. The van der Waals surface area contributed by atoms with Crippen LogP contribution in [0.1, 0.15) is 18.1 Å². The Bertz CT molecular complexity index is 953. The first kappa shape index (κ1) is 20.3. The Morgan fingerprint density at radius 3 is 2.45 bits per heavy atom. The van der Waals surface area contributed by atoms with Crippen LogP contribution in [0.4, 0.5) is 0 Å². The van der Waals surface area contributed by atoms with Gasteiger partial charge in [-0.1, -0.05) is 37.3 Å². The summed E-state index contributed by atoms with van der Waals surface area (Å²) in [6, 6.07) is 13.7. The molecule has 0 aliphatic carbocycles. The fourth-order valence-electron chi connectivity index (χ4n) is 2.88. The fraction of sp³-hybridized carbons (Fsp3) is 0.333. The lowest BCUT2D eigenvalue weighted by atomic mass is 10.1. The number of carbonyl (C=O) groups excluding carboxylic acids is 1. The number of rotatable bonds is 9. The minimum absolute atomic E-state index is 0.0198. The van der Waals surface area contributed by atoms with E-state index in [0.717, 1.165) is 17.5 Å². The van der Waals surface area contributed by atoms with E-state index in [9.17, 15) is 4.79 Å². The van der Waals surface area contributed by atoms with Crippen LogP contribution in [0.5, 0.6) is 11.5 Å². The minimum atomic E-state index is -0.171. The van der Waals surface area contributed by atoms with Crippen LogP contribution in [0.3, 0.4) is 0 Å². The summed E-state index contributed by atoms with van der Waals surface area (Å²) in [7, 11) is 3.20. The molecule has 3 rings (SSSR count). The molecule has 0 saturated heterocycles. The van der Waals surface area contributed by atoms with Crippen molar-refractivity contribution in [3.63, 3.8) is 0 Å². The molecule has 1 amide bonds. The van der Waals surface area contributed by atoms with Crippen LogP contribution in [0.25, 0.3) is 11.4 Å². The number of carbonyl (C=O) groups is 1. The number of aromatic nitrogens is 4. The van der Waals surface area contributed by atoms with E-state index >= 15 is 0 Å². The number of benzene rings is 2. The highest BCUT2D eigenvalue weighted by Gasteiger charge is 2.10. The Morgan fingerprint density at radius 2 is 1.76 bits per heavy atom. The van der Waals surface area contributed by atoms with E-state index in [-0.39, 0.29) is 12.5 Å². The molecule has 29 heavy (non-hydrogen) atoms. The number of methoxy groups -OCH3 is 2. The molecule has 152 valence electrons. The molecule has 0 saturated carbocycles. The van der Waals surface area contributed by atoms with Crippen molar-refractivity contribution in [3.8, 4) is 22.9 Å². The van der Waals surface area contributed by atoms with E-state index in [2.05, 4.69) is 27.7 Å². The summed E-state index contributed by atoms with van der Waals surface area (Å²) in [4.78, 5) is 13.5. The Morgan fingerprint density at radius 1 is 1.03 bits per heavy atom. The maximum Gasteiger partial charge on any atom is 0.243 e. The van der Waals surface area contributed by atoms with Gasteiger partial charge in [0.15, 0.2) is 11.5 Å². The molecule has 8 heteroatoms. The van der Waals surface area contributed by atoms with E-state index in [1.54, 1.807) is 14.2 Å². The van der Waals surface area contributed by atoms with Crippen molar-refractivity contribution in [2.45, 2.75) is 26.3 Å². The molecule has 2 aromatic carbocycles. The van der Waals surface area contributed by atoms with Crippen LogP contribution in [0, 0.1) is 0 Å². The summed E-state index contributed by atoms with van der Waals surface area (Å²) in [6.45, 7) is 2.62. The van der Waals surface area contributed by atoms with Crippen molar-refractivity contribution < 1.29 is 14.3 Å². The van der Waals surface area contributed by atoms with Gasteiger partial charge < -0.3 is 14.8 Å². The van der Waals surface area contributed by atoms with Gasteiger partial charge >= 0.3 is 0 Å². The molecule has 1 heterocycles. The number of nitrogens with one attached hydrogen (secondary N) is 1. The zero-order chi connectivity index (χ0) is 20.6. The van der Waals surface area contributed by atoms with E-state index in [1.807, 2.05) is 42.5 Å². The molecule has 0 radical (unpaired) electrons. The number of tetrazole rings is 1. The lowest BCUT2D eigenvalue weighted by Crippen LogP contribution is -2.30. The van der Waals surface area contributed by atoms with Crippen molar-refractivity contribution in [1.82, 2.24) is 25.5 Å². The smallest absolute Gasteiger partial charge is 0.243 e. The van der Waals surface area contributed by atoms with Crippen LogP contribution in [0.2, 0.25) is 0 Å². The SMILES string of the molecule is CCc1ccc(-c2nnn(CC(=O)NCCc3ccc(OC)c(OC)c3)n2)cc1. The van der Waals surface area contributed by atoms with Gasteiger partial charge in [0, 0.05) is 12.1 Å². The van der Waals surface area contributed by atoms with Crippen molar-refractivity contribution in [3.05, 3.63) is 53.6 Å². The van der Waals surface area contributed by atoms with Gasteiger partial charge in [0.05, 0.1) is 14.2 Å². The second-order valence-corrected chi connectivity index (χ2v) is 6.48. The maximum absolute atomic E-state index is 12.2. The van der Waals surface area contributed by atoms with Crippen LogP contribution >= 0.6 is 0 Å². The van der Waals surface area contributed by atoms with Crippen molar-refractivity contribution in [1.29, 1.82) is 0 Å². The molecule has 1 N–H and O–H groups in total. The average Bonchev–Trinajstić information content (AvgIpc) is 3.22. The highest BCUT2D eigenvalue weighted by molar-refractivity contribution is 5.75. The highest BCUT2D eigenvalue weighted by atomic mass is 16.5. The standard InChI is InChI=1S/C21H25N5O3/c1-4-15-5-8-17(9-6-15)21-23-25-26(24-21)14-20(27)22-12-11-16-7-10-18(28-2)19(13-16)29-3/h5-10,13H,4,11-12,14H2,1-3H3,(H,22,27). The van der Waals surface area contributed by atoms with Gasteiger partial charge in [-0.3, -0.25) is 4.79 Å². The summed E-state index contributed by atoms with van der Waals surface area (Å²) in [5.41, 5.74) is 3.16. The first-order valence-corrected chi connectivity index (χ1v) is 9.47. The fourth-order valence-corrected chi connectivity index (χ4v) is 2.88. The molecule has 8 nitrogen and oxygen atoms in total. The van der Waals surface area contributed by atoms with Crippen LogP contribution in [0.15, 0.2) is 42.5 Å². The quantitative estimate of drug-likeness (QED) is 0.598. The first-order valence-electron chi connectivity index (χ1n) is 9.47. The molecule has 0 bridgehead atoms. The van der Waals surface area contributed by atoms with Crippen molar-refractivity contribution >= 4 is 5.91 Å². The topological polar surface area (TPSA) is 91.2 Å². The zero-order valence-corrected chi connectivity index (χ0v) is 16.9. The predicted molar refractivity (Wildman–Crippen MR) is 109 cm³/mol. The zero-order valence-electron chi connectivity index (χ0n) is 16.9. The lowest BCUT2D eigenvalue weighted by molar-refractivity contribution is -0.122. The third-order valence-electron chi connectivity index (χ3n) is 4.54. The van der Waals surface area contributed by atoms with E-state index in [0.29, 0.717) is 30.3 Å². The van der Waals surface area contributed by atoms with Gasteiger partial charge in [-0.15, -0.1) is 10.2 Å². The summed E-state index contributed by atoms with van der Waals surface area (Å²) in [6.07, 6.45) is 1.65. The number of hydrogen-bond donors (Lipinski definition) is 1. The van der Waals surface area contributed by atoms with E-state index in [4.69, 9.17) is 9.47 Å². The van der Waals surface area contributed by atoms with Crippen LogP contribution < -0.4 is 14.8 Å². The predicted octanol–water partition coefficient (Wildman–Crippen LogP) is 2.28. The number of hydrogen-bond acceptors (Lipinski definition) is 6. The third kappa shape index (κ3) is 5.31. The Hall–Kier alpha value is -3.42. The molecule has 0 aliphatic rings. The number of nitrogens with zero attached hydrogens (tertiary/aromatic N) is 4. The molecule has 0 aliphatic heterocycles. The van der Waals surface area contributed by atoms with E-state index in [1.165, 1.54) is 10.4 Å². The van der Waals surface area contributed by atoms with Crippen molar-refractivity contribution in [2.75, 3.05) is 20.8 Å². The van der Waals surface area contributed by atoms with E-state index < -0.39 is 0 Å². The molecular formula is C21H25N5O3. The molecule has 0 spiro atoms. The summed E-state index contributed by atoms with van der Waals surface area (Å²) >= 11 is 0. The van der Waals surface area contributed by atoms with Crippen LogP contribution in [-0.4, -0.2) is 46.9 Å². The van der Waals surface area contributed by atoms with Gasteiger partial charge in [0.1, 0.15) is 6.54 Å². The molecule has 1 aromatic heterocycles. The monoisotopic (exact) mass is 395 g/mol. The van der Waals surface area contributed by atoms with Crippen molar-refractivity contribution in [2.24, 2.45) is 0 Å². The summed E-state index contributed by atoms with van der Waals surface area (Å²) in [5.74, 6) is 1.68. The molecule has 0 unspecified atom stereocenters. The molecule has 0 atom stereocenters. The number of ether oxygens (including phenoxy) is 2. The minimum Gasteiger partial charge on any atom is -0.493 e. The van der Waals surface area contributed by atoms with Gasteiger partial charge in [-0.05, 0) is 41.3 Å². The maximum atomic E-state index is 12.2.